The van der Waals surface area contributed by atoms with Crippen molar-refractivity contribution in [3.63, 3.8) is 0 Å². The van der Waals surface area contributed by atoms with Crippen molar-refractivity contribution in [1.29, 1.82) is 0 Å². The molecule has 2 rings (SSSR count). The molecule has 1 aromatic heterocycles. The zero-order chi connectivity index (χ0) is 14.4. The van der Waals surface area contributed by atoms with E-state index in [-0.39, 0.29) is 5.69 Å². The molecule has 0 spiro atoms. The van der Waals surface area contributed by atoms with Crippen LogP contribution in [0.25, 0.3) is 0 Å². The molecule has 6 heteroatoms. The van der Waals surface area contributed by atoms with Gasteiger partial charge in [0.15, 0.2) is 11.5 Å². The molecule has 0 fully saturated rings. The lowest BCUT2D eigenvalue weighted by atomic mass is 10.2. The van der Waals surface area contributed by atoms with Gasteiger partial charge in [0.1, 0.15) is 12.4 Å². The lowest BCUT2D eigenvalue weighted by molar-refractivity contribution is 0.0685. The Balaban J connectivity index is 1.67. The Kier molecular flexibility index (Phi) is 4.73. The predicted molar refractivity (Wildman–Crippen MR) is 71.8 cm³/mol. The molecule has 0 unspecified atom stereocenters. The summed E-state index contributed by atoms with van der Waals surface area (Å²) in [6, 6.07) is 9.23. The van der Waals surface area contributed by atoms with Gasteiger partial charge in [-0.3, -0.25) is 0 Å². The molecular weight excluding hydrogens is 260 g/mol. The molecule has 0 amide bonds. The summed E-state index contributed by atoms with van der Waals surface area (Å²) in [4.78, 5) is 10.6. The molecule has 0 saturated heterocycles. The van der Waals surface area contributed by atoms with Gasteiger partial charge in [0.2, 0.25) is 0 Å². The van der Waals surface area contributed by atoms with Crippen LogP contribution in [-0.4, -0.2) is 29.4 Å². The largest absolute Gasteiger partial charge is 0.492 e. The number of hydrogen-bond donors (Lipinski definition) is 2. The highest BCUT2D eigenvalue weighted by Gasteiger charge is 2.09. The van der Waals surface area contributed by atoms with Crippen molar-refractivity contribution < 1.29 is 19.2 Å². The number of aromatic carboxylic acids is 1. The van der Waals surface area contributed by atoms with Crippen LogP contribution in [0.4, 0.5) is 0 Å². The fraction of sp³-hybridized carbons (Fsp3) is 0.286. The van der Waals surface area contributed by atoms with Gasteiger partial charge in [-0.2, -0.15) is 0 Å². The second-order valence-electron chi connectivity index (χ2n) is 4.33. The summed E-state index contributed by atoms with van der Waals surface area (Å²) in [5, 5.41) is 15.2. The van der Waals surface area contributed by atoms with E-state index in [1.807, 2.05) is 31.2 Å². The fourth-order valence-electron chi connectivity index (χ4n) is 1.65. The molecule has 2 N–H and O–H groups in total. The molecule has 0 atom stereocenters. The number of carbonyl (C=O) groups is 1. The van der Waals surface area contributed by atoms with E-state index in [4.69, 9.17) is 14.4 Å². The van der Waals surface area contributed by atoms with Crippen LogP contribution < -0.4 is 10.1 Å². The van der Waals surface area contributed by atoms with E-state index in [0.29, 0.717) is 25.5 Å². The summed E-state index contributed by atoms with van der Waals surface area (Å²) in [6.07, 6.45) is 0. The molecule has 0 saturated carbocycles. The third-order valence-corrected chi connectivity index (χ3v) is 2.61. The molecule has 1 heterocycles. The number of benzene rings is 1. The quantitative estimate of drug-likeness (QED) is 0.751. The minimum Gasteiger partial charge on any atom is -0.492 e. The summed E-state index contributed by atoms with van der Waals surface area (Å²) in [7, 11) is 0. The van der Waals surface area contributed by atoms with Crippen LogP contribution in [0.3, 0.4) is 0 Å². The molecule has 0 radical (unpaired) electrons. The number of aromatic nitrogens is 1. The highest BCUT2D eigenvalue weighted by Crippen LogP contribution is 2.11. The smallest absolute Gasteiger partial charge is 0.358 e. The monoisotopic (exact) mass is 276 g/mol. The Morgan fingerprint density at radius 2 is 2.30 bits per heavy atom. The number of rotatable bonds is 7. The van der Waals surface area contributed by atoms with Crippen LogP contribution in [0.2, 0.25) is 0 Å². The van der Waals surface area contributed by atoms with Gasteiger partial charge in [-0.15, -0.1) is 0 Å². The molecule has 106 valence electrons. The number of hydrogen-bond acceptors (Lipinski definition) is 5. The van der Waals surface area contributed by atoms with Crippen molar-refractivity contribution >= 4 is 5.97 Å². The minimum atomic E-state index is -1.09. The van der Waals surface area contributed by atoms with Gasteiger partial charge in [-0.05, 0) is 24.6 Å². The summed E-state index contributed by atoms with van der Waals surface area (Å²) >= 11 is 0. The summed E-state index contributed by atoms with van der Waals surface area (Å²) in [6.45, 7) is 3.56. The Morgan fingerprint density at radius 3 is 3.00 bits per heavy atom. The van der Waals surface area contributed by atoms with Crippen molar-refractivity contribution in [1.82, 2.24) is 10.5 Å². The van der Waals surface area contributed by atoms with E-state index in [0.717, 1.165) is 11.3 Å². The van der Waals surface area contributed by atoms with Crippen LogP contribution >= 0.6 is 0 Å². The minimum absolute atomic E-state index is 0.0854. The van der Waals surface area contributed by atoms with Gasteiger partial charge in [-0.1, -0.05) is 17.3 Å². The van der Waals surface area contributed by atoms with Gasteiger partial charge in [0.05, 0.1) is 6.54 Å². The standard InChI is InChI=1S/C14H16N2O4/c1-10-3-2-4-11(7-10)19-6-5-15-9-12-8-13(14(17)18)16-20-12/h2-4,7-8,15H,5-6,9H2,1H3,(H,17,18). The molecular formula is C14H16N2O4. The first-order chi connectivity index (χ1) is 9.65. The Morgan fingerprint density at radius 1 is 1.45 bits per heavy atom. The Hall–Kier alpha value is -2.34. The first kappa shape index (κ1) is 14.1. The van der Waals surface area contributed by atoms with Crippen LogP contribution in [0.15, 0.2) is 34.9 Å². The van der Waals surface area contributed by atoms with Gasteiger partial charge in [-0.25, -0.2) is 4.79 Å². The van der Waals surface area contributed by atoms with Crippen molar-refractivity contribution in [2.75, 3.05) is 13.2 Å². The average Bonchev–Trinajstić information content (AvgIpc) is 2.87. The van der Waals surface area contributed by atoms with Crippen molar-refractivity contribution in [3.05, 3.63) is 47.3 Å². The van der Waals surface area contributed by atoms with E-state index in [1.54, 1.807) is 0 Å². The maximum Gasteiger partial charge on any atom is 0.358 e. The SMILES string of the molecule is Cc1cccc(OCCNCc2cc(C(=O)O)no2)c1. The molecule has 0 bridgehead atoms. The molecule has 0 aliphatic carbocycles. The van der Waals surface area contributed by atoms with Crippen LogP contribution in [0, 0.1) is 6.92 Å². The lowest BCUT2D eigenvalue weighted by Crippen LogP contribution is -2.20. The maximum atomic E-state index is 10.6. The number of carboxylic acids is 1. The molecule has 20 heavy (non-hydrogen) atoms. The lowest BCUT2D eigenvalue weighted by Gasteiger charge is -2.07. The van der Waals surface area contributed by atoms with E-state index < -0.39 is 5.97 Å². The van der Waals surface area contributed by atoms with E-state index in [9.17, 15) is 4.79 Å². The van der Waals surface area contributed by atoms with Gasteiger partial charge in [0.25, 0.3) is 0 Å². The molecule has 0 aliphatic rings. The summed E-state index contributed by atoms with van der Waals surface area (Å²) in [5.41, 5.74) is 1.07. The molecule has 1 aromatic carbocycles. The fourth-order valence-corrected chi connectivity index (χ4v) is 1.65. The predicted octanol–water partition coefficient (Wildman–Crippen LogP) is 1.85. The van der Waals surface area contributed by atoms with Gasteiger partial charge >= 0.3 is 5.97 Å². The van der Waals surface area contributed by atoms with Crippen LogP contribution in [-0.2, 0) is 6.54 Å². The zero-order valence-electron chi connectivity index (χ0n) is 11.1. The Bertz CT molecular complexity index is 580. The highest BCUT2D eigenvalue weighted by molar-refractivity contribution is 5.85. The average molecular weight is 276 g/mol. The number of nitrogens with one attached hydrogen (secondary N) is 1. The van der Waals surface area contributed by atoms with Gasteiger partial charge < -0.3 is 19.7 Å². The van der Waals surface area contributed by atoms with E-state index >= 15 is 0 Å². The molecule has 0 aliphatic heterocycles. The first-order valence-electron chi connectivity index (χ1n) is 6.24. The number of nitrogens with zero attached hydrogens (tertiary/aromatic N) is 1. The molecule has 6 nitrogen and oxygen atoms in total. The Labute approximate surface area is 116 Å². The second kappa shape index (κ2) is 6.72. The third-order valence-electron chi connectivity index (χ3n) is 2.61. The number of ether oxygens (including phenoxy) is 1. The van der Waals surface area contributed by atoms with E-state index in [2.05, 4.69) is 10.5 Å². The van der Waals surface area contributed by atoms with Crippen LogP contribution in [0.5, 0.6) is 5.75 Å². The van der Waals surface area contributed by atoms with Crippen molar-refractivity contribution in [3.8, 4) is 5.75 Å². The van der Waals surface area contributed by atoms with Crippen LogP contribution in [0.1, 0.15) is 21.8 Å². The zero-order valence-corrected chi connectivity index (χ0v) is 11.1. The van der Waals surface area contributed by atoms with Crippen molar-refractivity contribution in [2.24, 2.45) is 0 Å². The topological polar surface area (TPSA) is 84.6 Å². The summed E-state index contributed by atoms with van der Waals surface area (Å²) < 4.78 is 10.4. The second-order valence-corrected chi connectivity index (χ2v) is 4.33. The normalized spacial score (nSPS) is 10.4. The van der Waals surface area contributed by atoms with E-state index in [1.165, 1.54) is 6.07 Å². The third kappa shape index (κ3) is 4.10. The number of carboxylic acid groups (broad SMARTS) is 1. The maximum absolute atomic E-state index is 10.6. The first-order valence-corrected chi connectivity index (χ1v) is 6.24. The molecule has 2 aromatic rings. The number of aryl methyl sites for hydroxylation is 1. The highest BCUT2D eigenvalue weighted by atomic mass is 16.5. The summed E-state index contributed by atoms with van der Waals surface area (Å²) in [5.74, 6) is 0.223. The van der Waals surface area contributed by atoms with Crippen molar-refractivity contribution in [2.45, 2.75) is 13.5 Å². The van der Waals surface area contributed by atoms with Gasteiger partial charge in [0, 0.05) is 12.6 Å².